The first-order valence-corrected chi connectivity index (χ1v) is 9.28. The average Bonchev–Trinajstić information content (AvgIpc) is 3.26. The van der Waals surface area contributed by atoms with Gasteiger partial charge in [-0.2, -0.15) is 0 Å². The van der Waals surface area contributed by atoms with Crippen LogP contribution < -0.4 is 25.6 Å². The zero-order valence-electron chi connectivity index (χ0n) is 15.9. The van der Waals surface area contributed by atoms with Gasteiger partial charge in [-0.3, -0.25) is 20.4 Å². The van der Waals surface area contributed by atoms with Gasteiger partial charge in [-0.25, -0.2) is 0 Å². The van der Waals surface area contributed by atoms with E-state index < -0.39 is 11.8 Å². The summed E-state index contributed by atoms with van der Waals surface area (Å²) in [4.78, 5) is 25.4. The summed E-state index contributed by atoms with van der Waals surface area (Å²) < 4.78 is 10.7. The predicted molar refractivity (Wildman–Crippen MR) is 113 cm³/mol. The lowest BCUT2D eigenvalue weighted by Gasteiger charge is -2.13. The molecule has 0 atom stereocenters. The fourth-order valence-corrected chi connectivity index (χ4v) is 2.83. The lowest BCUT2D eigenvalue weighted by Crippen LogP contribution is -2.37. The van der Waals surface area contributed by atoms with E-state index >= 15 is 0 Å². The minimum atomic E-state index is -0.499. The third-order valence-electron chi connectivity index (χ3n) is 4.33. The number of carbonyl (C=O) groups is 2. The van der Waals surface area contributed by atoms with E-state index in [9.17, 15) is 9.59 Å². The van der Waals surface area contributed by atoms with Gasteiger partial charge in [0.25, 0.3) is 11.8 Å². The molecule has 1 aliphatic rings. The molecular formula is C23H19N3O4. The smallest absolute Gasteiger partial charge is 0.286 e. The molecule has 2 amide bonds. The van der Waals surface area contributed by atoms with Crippen LogP contribution >= 0.6 is 0 Å². The highest BCUT2D eigenvalue weighted by Crippen LogP contribution is 2.33. The molecule has 0 saturated carbocycles. The van der Waals surface area contributed by atoms with Gasteiger partial charge in [-0.1, -0.05) is 42.5 Å². The highest BCUT2D eigenvalue weighted by Gasteiger charge is 2.17. The summed E-state index contributed by atoms with van der Waals surface area (Å²) in [5.41, 5.74) is 7.34. The Kier molecular flexibility index (Phi) is 5.61. The lowest BCUT2D eigenvalue weighted by molar-refractivity contribution is -0.117. The van der Waals surface area contributed by atoms with Crippen LogP contribution in [0, 0.1) is 0 Å². The Morgan fingerprint density at radius 1 is 0.833 bits per heavy atom. The summed E-state index contributed by atoms with van der Waals surface area (Å²) >= 11 is 0. The standard InChI is InChI=1S/C23H19N3O4/c27-22(17-7-3-1-4-8-17)24-19(23(28)26-25-18-9-5-2-6-10-18)13-16-11-12-20-21(14-16)30-15-29-20/h1-14,25H,15H2,(H,24,27)(H,26,28)/b19-13-. The van der Waals surface area contributed by atoms with Crippen LogP contribution in [-0.4, -0.2) is 18.6 Å². The van der Waals surface area contributed by atoms with Crippen LogP contribution in [0.4, 0.5) is 5.69 Å². The van der Waals surface area contributed by atoms with Gasteiger partial charge in [0.1, 0.15) is 5.70 Å². The van der Waals surface area contributed by atoms with E-state index in [2.05, 4.69) is 16.2 Å². The zero-order valence-corrected chi connectivity index (χ0v) is 15.9. The SMILES string of the molecule is O=C(NNc1ccccc1)/C(=C/c1ccc2c(c1)OCO2)NC(=O)c1ccccc1. The number of amides is 2. The maximum Gasteiger partial charge on any atom is 0.286 e. The number of anilines is 1. The molecule has 30 heavy (non-hydrogen) atoms. The molecule has 0 aliphatic carbocycles. The summed E-state index contributed by atoms with van der Waals surface area (Å²) in [6.45, 7) is 0.154. The monoisotopic (exact) mass is 401 g/mol. The Morgan fingerprint density at radius 3 is 2.30 bits per heavy atom. The van der Waals surface area contributed by atoms with Crippen LogP contribution in [0.1, 0.15) is 15.9 Å². The number of benzene rings is 3. The summed E-state index contributed by atoms with van der Waals surface area (Å²) in [5.74, 6) is 0.329. The second-order valence-electron chi connectivity index (χ2n) is 6.44. The van der Waals surface area contributed by atoms with Gasteiger partial charge in [0.05, 0.1) is 5.69 Å². The van der Waals surface area contributed by atoms with Crippen molar-refractivity contribution < 1.29 is 19.1 Å². The van der Waals surface area contributed by atoms with Crippen LogP contribution in [0.2, 0.25) is 0 Å². The van der Waals surface area contributed by atoms with Crippen molar-refractivity contribution >= 4 is 23.6 Å². The normalized spacial score (nSPS) is 12.2. The molecule has 1 aliphatic heterocycles. The fourth-order valence-electron chi connectivity index (χ4n) is 2.83. The zero-order chi connectivity index (χ0) is 20.8. The van der Waals surface area contributed by atoms with E-state index in [1.54, 1.807) is 48.5 Å². The molecule has 7 heteroatoms. The molecular weight excluding hydrogens is 382 g/mol. The van der Waals surface area contributed by atoms with Crippen molar-refractivity contribution in [1.82, 2.24) is 10.7 Å². The molecule has 4 rings (SSSR count). The molecule has 0 unspecified atom stereocenters. The van der Waals surface area contributed by atoms with Gasteiger partial charge in [0, 0.05) is 5.56 Å². The molecule has 0 aromatic heterocycles. The van der Waals surface area contributed by atoms with Gasteiger partial charge >= 0.3 is 0 Å². The minimum Gasteiger partial charge on any atom is -0.454 e. The lowest BCUT2D eigenvalue weighted by atomic mass is 10.1. The largest absolute Gasteiger partial charge is 0.454 e. The topological polar surface area (TPSA) is 88.7 Å². The van der Waals surface area contributed by atoms with Gasteiger partial charge < -0.3 is 14.8 Å². The fraction of sp³-hybridized carbons (Fsp3) is 0.0435. The number of rotatable bonds is 6. The van der Waals surface area contributed by atoms with Crippen molar-refractivity contribution in [2.45, 2.75) is 0 Å². The van der Waals surface area contributed by atoms with Gasteiger partial charge in [0.2, 0.25) is 6.79 Å². The van der Waals surface area contributed by atoms with Crippen LogP contribution in [0.3, 0.4) is 0 Å². The molecule has 3 N–H and O–H groups in total. The Morgan fingerprint density at radius 2 is 1.53 bits per heavy atom. The number of ether oxygens (including phenoxy) is 2. The third-order valence-corrected chi connectivity index (χ3v) is 4.33. The van der Waals surface area contributed by atoms with Crippen LogP contribution in [0.25, 0.3) is 6.08 Å². The average molecular weight is 401 g/mol. The van der Waals surface area contributed by atoms with Crippen molar-refractivity contribution in [3.8, 4) is 11.5 Å². The van der Waals surface area contributed by atoms with Gasteiger partial charge in [-0.05, 0) is 48.0 Å². The molecule has 150 valence electrons. The predicted octanol–water partition coefficient (Wildman–Crippen LogP) is 3.33. The van der Waals surface area contributed by atoms with Crippen molar-refractivity contribution in [1.29, 1.82) is 0 Å². The molecule has 7 nitrogen and oxygen atoms in total. The molecule has 3 aromatic carbocycles. The first kappa shape index (κ1) is 19.1. The second kappa shape index (κ2) is 8.83. The van der Waals surface area contributed by atoms with E-state index in [-0.39, 0.29) is 12.5 Å². The number of carbonyl (C=O) groups excluding carboxylic acids is 2. The maximum atomic E-state index is 12.8. The summed E-state index contributed by atoms with van der Waals surface area (Å²) in [6, 6.07) is 23.1. The summed E-state index contributed by atoms with van der Waals surface area (Å²) in [6.07, 6.45) is 1.57. The number of hydrazine groups is 1. The second-order valence-corrected chi connectivity index (χ2v) is 6.44. The van der Waals surface area contributed by atoms with E-state index in [1.165, 1.54) is 0 Å². The third kappa shape index (κ3) is 4.59. The Hall–Kier alpha value is -4.26. The van der Waals surface area contributed by atoms with Crippen molar-refractivity contribution in [2.75, 3.05) is 12.2 Å². The van der Waals surface area contributed by atoms with Crippen LogP contribution in [-0.2, 0) is 4.79 Å². The van der Waals surface area contributed by atoms with E-state index in [0.29, 0.717) is 28.3 Å². The van der Waals surface area contributed by atoms with Gasteiger partial charge in [0.15, 0.2) is 11.5 Å². The van der Waals surface area contributed by atoms with Crippen molar-refractivity contribution in [3.05, 3.63) is 95.7 Å². The number of hydrogen-bond donors (Lipinski definition) is 3. The Balaban J connectivity index is 1.56. The molecule has 0 bridgehead atoms. The first-order chi connectivity index (χ1) is 14.7. The summed E-state index contributed by atoms with van der Waals surface area (Å²) in [5, 5.41) is 2.68. The van der Waals surface area contributed by atoms with Crippen LogP contribution in [0.5, 0.6) is 11.5 Å². The van der Waals surface area contributed by atoms with Gasteiger partial charge in [-0.15, -0.1) is 0 Å². The number of nitrogens with one attached hydrogen (secondary N) is 3. The van der Waals surface area contributed by atoms with E-state index in [1.807, 2.05) is 36.4 Å². The maximum absolute atomic E-state index is 12.8. The highest BCUT2D eigenvalue weighted by molar-refractivity contribution is 6.05. The number of fused-ring (bicyclic) bond motifs is 1. The van der Waals surface area contributed by atoms with Crippen molar-refractivity contribution in [2.24, 2.45) is 0 Å². The Bertz CT molecular complexity index is 1080. The highest BCUT2D eigenvalue weighted by atomic mass is 16.7. The first-order valence-electron chi connectivity index (χ1n) is 9.28. The summed E-state index contributed by atoms with van der Waals surface area (Å²) in [7, 11) is 0. The van der Waals surface area contributed by atoms with Crippen molar-refractivity contribution in [3.63, 3.8) is 0 Å². The van der Waals surface area contributed by atoms with Crippen LogP contribution in [0.15, 0.2) is 84.6 Å². The van der Waals surface area contributed by atoms with E-state index in [0.717, 1.165) is 0 Å². The molecule has 0 fully saturated rings. The van der Waals surface area contributed by atoms with E-state index in [4.69, 9.17) is 9.47 Å². The number of para-hydroxylation sites is 1. The quantitative estimate of drug-likeness (QED) is 0.436. The molecule has 0 radical (unpaired) electrons. The molecule has 1 heterocycles. The molecule has 0 saturated heterocycles. The molecule has 3 aromatic rings. The Labute approximate surface area is 173 Å². The number of hydrogen-bond acceptors (Lipinski definition) is 5. The minimum absolute atomic E-state index is 0.0751. The molecule has 0 spiro atoms.